The number of ether oxygens (including phenoxy) is 2. The molecule has 31 heavy (non-hydrogen) atoms. The number of nitriles is 3. The van der Waals surface area contributed by atoms with Crippen LogP contribution in [0.1, 0.15) is 37.9 Å². The Hall–Kier alpha value is -3.23. The Morgan fingerprint density at radius 1 is 0.935 bits per heavy atom. The largest absolute Gasteiger partial charge is 0.447 e. The van der Waals surface area contributed by atoms with Crippen LogP contribution in [-0.4, -0.2) is 11.7 Å². The average Bonchev–Trinajstić information content (AvgIpc) is 2.95. The zero-order chi connectivity index (χ0) is 22.9. The van der Waals surface area contributed by atoms with Crippen LogP contribution in [0.25, 0.3) is 0 Å². The molecule has 2 heterocycles. The van der Waals surface area contributed by atoms with E-state index in [0.717, 1.165) is 0 Å². The predicted octanol–water partition coefficient (Wildman–Crippen LogP) is 4.14. The van der Waals surface area contributed by atoms with E-state index in [9.17, 15) is 37.7 Å². The first-order chi connectivity index (χ1) is 14.6. The Bertz CT molecular complexity index is 1110. The first-order valence-corrected chi connectivity index (χ1v) is 9.27. The molecule has 4 rings (SSSR count). The fourth-order valence-corrected chi connectivity index (χ4v) is 5.14. The van der Waals surface area contributed by atoms with Crippen molar-refractivity contribution in [2.75, 3.05) is 0 Å². The lowest BCUT2D eigenvalue weighted by Gasteiger charge is -2.52. The van der Waals surface area contributed by atoms with Crippen molar-refractivity contribution in [2.45, 2.75) is 38.1 Å². The van der Waals surface area contributed by atoms with E-state index in [0.29, 0.717) is 6.42 Å². The summed E-state index contributed by atoms with van der Waals surface area (Å²) in [7, 11) is 0. The molecule has 0 spiro atoms. The van der Waals surface area contributed by atoms with Gasteiger partial charge in [-0.15, -0.1) is 0 Å². The van der Waals surface area contributed by atoms with Crippen LogP contribution in [-0.2, 0) is 9.47 Å². The smallest absolute Gasteiger partial charge is 0.217 e. The van der Waals surface area contributed by atoms with Crippen LogP contribution in [0.15, 0.2) is 0 Å². The van der Waals surface area contributed by atoms with Gasteiger partial charge in [0.05, 0.1) is 29.7 Å². The Balaban J connectivity index is 2.09. The van der Waals surface area contributed by atoms with Crippen molar-refractivity contribution in [3.05, 3.63) is 34.6 Å². The maximum Gasteiger partial charge on any atom is 0.217 e. The Kier molecular flexibility index (Phi) is 4.33. The number of halogens is 5. The molecule has 1 aliphatic carbocycles. The molecule has 2 saturated heterocycles. The minimum atomic E-state index is -2.82. The third-order valence-corrected chi connectivity index (χ3v) is 6.68. The van der Waals surface area contributed by atoms with Crippen LogP contribution < -0.4 is 0 Å². The van der Waals surface area contributed by atoms with Gasteiger partial charge in [0.2, 0.25) is 22.9 Å². The average molecular weight is 436 g/mol. The third kappa shape index (κ3) is 2.18. The van der Waals surface area contributed by atoms with Gasteiger partial charge in [0.15, 0.2) is 28.7 Å². The van der Waals surface area contributed by atoms with Gasteiger partial charge in [0.1, 0.15) is 6.10 Å². The molecule has 2 aliphatic heterocycles. The summed E-state index contributed by atoms with van der Waals surface area (Å²) in [5, 5.41) is 38.3. The van der Waals surface area contributed by atoms with Crippen molar-refractivity contribution in [2.24, 2.45) is 22.7 Å². The Morgan fingerprint density at radius 3 is 2.00 bits per heavy atom. The van der Waals surface area contributed by atoms with E-state index in [-0.39, 0.29) is 18.8 Å². The van der Waals surface area contributed by atoms with Crippen LogP contribution in [0.5, 0.6) is 0 Å². The summed E-state index contributed by atoms with van der Waals surface area (Å²) in [4.78, 5) is 0. The van der Waals surface area contributed by atoms with E-state index in [4.69, 9.17) is 14.9 Å². The normalized spacial score (nSPS) is 35.3. The molecule has 0 aromatic heterocycles. The van der Waals surface area contributed by atoms with Crippen molar-refractivity contribution in [1.82, 2.24) is 0 Å². The first kappa shape index (κ1) is 21.0. The van der Waals surface area contributed by atoms with Gasteiger partial charge in [-0.3, -0.25) is 5.41 Å². The lowest BCUT2D eigenvalue weighted by atomic mass is 9.50. The minimum Gasteiger partial charge on any atom is -0.447 e. The molecule has 2 bridgehead atoms. The molecule has 160 valence electrons. The predicted molar refractivity (Wildman–Crippen MR) is 89.8 cm³/mol. The van der Waals surface area contributed by atoms with Gasteiger partial charge in [-0.1, -0.05) is 6.92 Å². The topological polar surface area (TPSA) is 114 Å². The van der Waals surface area contributed by atoms with Crippen molar-refractivity contribution in [3.63, 3.8) is 0 Å². The quantitative estimate of drug-likeness (QED) is 0.404. The van der Waals surface area contributed by atoms with E-state index in [2.05, 4.69) is 0 Å². The first-order valence-electron chi connectivity index (χ1n) is 9.27. The highest BCUT2D eigenvalue weighted by Gasteiger charge is 2.81. The highest BCUT2D eigenvalue weighted by atomic mass is 19.2. The number of nitrogens with one attached hydrogen (secondary N) is 1. The van der Waals surface area contributed by atoms with Crippen LogP contribution in [0.4, 0.5) is 22.0 Å². The molecule has 0 amide bonds. The maximum absolute atomic E-state index is 14.7. The summed E-state index contributed by atoms with van der Waals surface area (Å²) in [5.41, 5.74) is -6.71. The van der Waals surface area contributed by atoms with Crippen molar-refractivity contribution in [1.29, 1.82) is 21.2 Å². The number of rotatable bonds is 1. The van der Waals surface area contributed by atoms with Gasteiger partial charge < -0.3 is 9.47 Å². The van der Waals surface area contributed by atoms with Gasteiger partial charge in [0.25, 0.3) is 0 Å². The molecular formula is C20H13F5N4O2. The van der Waals surface area contributed by atoms with Crippen molar-refractivity contribution < 1.29 is 31.4 Å². The Morgan fingerprint density at radius 2 is 1.48 bits per heavy atom. The van der Waals surface area contributed by atoms with Gasteiger partial charge in [0, 0.05) is 6.42 Å². The van der Waals surface area contributed by atoms with E-state index in [1.165, 1.54) is 12.1 Å². The van der Waals surface area contributed by atoms with Crippen LogP contribution in [0.2, 0.25) is 0 Å². The summed E-state index contributed by atoms with van der Waals surface area (Å²) in [6.45, 7) is 1.83. The van der Waals surface area contributed by atoms with E-state index in [1.807, 2.05) is 6.92 Å². The number of benzene rings is 1. The fraction of sp³-hybridized carbons (Fsp3) is 0.500. The summed E-state index contributed by atoms with van der Waals surface area (Å²) < 4.78 is 82.1. The van der Waals surface area contributed by atoms with Gasteiger partial charge in [-0.25, -0.2) is 22.0 Å². The molecule has 5 atom stereocenters. The maximum atomic E-state index is 14.7. The zero-order valence-electron chi connectivity index (χ0n) is 15.9. The molecule has 1 aromatic rings. The summed E-state index contributed by atoms with van der Waals surface area (Å²) >= 11 is 0. The van der Waals surface area contributed by atoms with E-state index in [1.54, 1.807) is 6.07 Å². The third-order valence-electron chi connectivity index (χ3n) is 6.68. The number of hydrogen-bond acceptors (Lipinski definition) is 6. The fourth-order valence-electron chi connectivity index (χ4n) is 5.14. The van der Waals surface area contributed by atoms with Gasteiger partial charge in [-0.05, 0) is 18.8 Å². The molecule has 3 aliphatic rings. The second-order valence-electron chi connectivity index (χ2n) is 8.11. The molecule has 1 N–H and O–H groups in total. The standard InChI is InChI=1S/C20H13F5N4O2/c1-8-2-3-20-9(4-8)19(7-28,17(29)31-20)18(5-26,6-27)16(30-20)10-11(21)13(23)15(25)14(24)12(10)22/h8-9,16,29H,2-4H2,1H3. The van der Waals surface area contributed by atoms with E-state index < -0.39 is 69.2 Å². The number of nitrogens with zero attached hydrogens (tertiary/aromatic N) is 3. The summed E-state index contributed by atoms with van der Waals surface area (Å²) in [5.74, 6) is -15.2. The molecule has 0 radical (unpaired) electrons. The molecule has 1 saturated carbocycles. The molecule has 3 fully saturated rings. The monoisotopic (exact) mass is 436 g/mol. The minimum absolute atomic E-state index is 0.0234. The Labute approximate surface area is 172 Å². The lowest BCUT2D eigenvalue weighted by Crippen LogP contribution is -2.61. The lowest BCUT2D eigenvalue weighted by molar-refractivity contribution is -0.299. The molecule has 6 nitrogen and oxygen atoms in total. The molecule has 1 aromatic carbocycles. The van der Waals surface area contributed by atoms with Crippen LogP contribution >= 0.6 is 0 Å². The second kappa shape index (κ2) is 6.38. The summed E-state index contributed by atoms with van der Waals surface area (Å²) in [6, 6.07) is 4.80. The number of hydrogen-bond donors (Lipinski definition) is 1. The van der Waals surface area contributed by atoms with Crippen molar-refractivity contribution >= 4 is 5.90 Å². The zero-order valence-corrected chi connectivity index (χ0v) is 15.9. The molecule has 11 heteroatoms. The molecule has 5 unspecified atom stereocenters. The summed E-state index contributed by atoms with van der Waals surface area (Å²) in [6.07, 6.45) is -1.71. The van der Waals surface area contributed by atoms with Gasteiger partial charge in [-0.2, -0.15) is 15.8 Å². The SMILES string of the molecule is CC1CCC23OC(=N)C(C#N)(C2C1)C(C#N)(C#N)C(c1c(F)c(F)c(F)c(F)c1F)O3. The van der Waals surface area contributed by atoms with Crippen LogP contribution in [0.3, 0.4) is 0 Å². The van der Waals surface area contributed by atoms with Crippen molar-refractivity contribution in [3.8, 4) is 18.2 Å². The second-order valence-corrected chi connectivity index (χ2v) is 8.11. The highest BCUT2D eigenvalue weighted by molar-refractivity contribution is 5.89. The van der Waals surface area contributed by atoms with Gasteiger partial charge >= 0.3 is 0 Å². The highest BCUT2D eigenvalue weighted by Crippen LogP contribution is 2.70. The van der Waals surface area contributed by atoms with Crippen LogP contribution in [0, 0.1) is 91.2 Å². The molecular weight excluding hydrogens is 423 g/mol. The van der Waals surface area contributed by atoms with E-state index >= 15 is 0 Å².